The third-order valence-corrected chi connectivity index (χ3v) is 2.82. The van der Waals surface area contributed by atoms with E-state index in [1.807, 2.05) is 0 Å². The van der Waals surface area contributed by atoms with Crippen molar-refractivity contribution in [2.75, 3.05) is 0 Å². The molecule has 0 N–H and O–H groups in total. The van der Waals surface area contributed by atoms with Gasteiger partial charge in [-0.3, -0.25) is 0 Å². The van der Waals surface area contributed by atoms with Gasteiger partial charge in [0.1, 0.15) is 0 Å². The summed E-state index contributed by atoms with van der Waals surface area (Å²) in [4.78, 5) is 0. The lowest BCUT2D eigenvalue weighted by molar-refractivity contribution is -0.734. The summed E-state index contributed by atoms with van der Waals surface area (Å²) in [6.45, 7) is 6.67. The predicted octanol–water partition coefficient (Wildman–Crippen LogP) is 1.22. The van der Waals surface area contributed by atoms with E-state index in [9.17, 15) is 0 Å². The SMILES string of the molecule is Cc1ccc2c([n+]1C(C)C)=CCCC=2. The van der Waals surface area contributed by atoms with Crippen molar-refractivity contribution in [1.29, 1.82) is 0 Å². The summed E-state index contributed by atoms with van der Waals surface area (Å²) in [5.41, 5.74) is 1.35. The van der Waals surface area contributed by atoms with Crippen LogP contribution in [0.1, 0.15) is 38.4 Å². The summed E-state index contributed by atoms with van der Waals surface area (Å²) in [5.74, 6) is 0. The smallest absolute Gasteiger partial charge is 0.194 e. The minimum absolute atomic E-state index is 0.549. The Kier molecular flexibility index (Phi) is 2.40. The summed E-state index contributed by atoms with van der Waals surface area (Å²) < 4.78 is 2.42. The molecule has 0 atom stereocenters. The molecule has 1 heteroatoms. The molecule has 0 saturated heterocycles. The Hall–Kier alpha value is -1.11. The molecular formula is C13H18N+. The zero-order valence-corrected chi connectivity index (χ0v) is 9.25. The van der Waals surface area contributed by atoms with Crippen LogP contribution in [0.25, 0.3) is 12.2 Å². The number of hydrogen-bond donors (Lipinski definition) is 0. The van der Waals surface area contributed by atoms with Gasteiger partial charge in [0.2, 0.25) is 5.35 Å². The molecule has 1 heterocycles. The fourth-order valence-corrected chi connectivity index (χ4v) is 2.24. The number of fused-ring (bicyclic) bond motifs is 1. The van der Waals surface area contributed by atoms with E-state index in [1.165, 1.54) is 29.1 Å². The molecule has 0 unspecified atom stereocenters. The van der Waals surface area contributed by atoms with Gasteiger partial charge in [0.25, 0.3) is 0 Å². The maximum Gasteiger partial charge on any atom is 0.208 e. The number of aromatic nitrogens is 1. The second-order valence-corrected chi connectivity index (χ2v) is 4.26. The number of nitrogens with zero attached hydrogens (tertiary/aromatic N) is 1. The standard InChI is InChI=1S/C13H18N/c1-10(2)14-11(3)8-9-12-6-4-5-7-13(12)14/h6-10H,4-5H2,1-3H3/q+1. The lowest BCUT2D eigenvalue weighted by Crippen LogP contribution is -2.60. The second-order valence-electron chi connectivity index (χ2n) is 4.26. The van der Waals surface area contributed by atoms with Crippen molar-refractivity contribution in [2.45, 2.75) is 39.7 Å². The Morgan fingerprint density at radius 2 is 1.86 bits per heavy atom. The van der Waals surface area contributed by atoms with Crippen molar-refractivity contribution >= 4 is 12.2 Å². The van der Waals surface area contributed by atoms with Gasteiger partial charge in [-0.15, -0.1) is 0 Å². The molecule has 0 aromatic carbocycles. The van der Waals surface area contributed by atoms with Gasteiger partial charge in [-0.1, -0.05) is 6.08 Å². The third-order valence-electron chi connectivity index (χ3n) is 2.82. The van der Waals surface area contributed by atoms with Crippen LogP contribution in [0.15, 0.2) is 12.1 Å². The Labute approximate surface area is 85.4 Å². The summed E-state index contributed by atoms with van der Waals surface area (Å²) >= 11 is 0. The van der Waals surface area contributed by atoms with Crippen LogP contribution in [-0.2, 0) is 0 Å². The molecule has 0 amide bonds. The molecule has 1 aliphatic rings. The maximum absolute atomic E-state index is 2.42. The van der Waals surface area contributed by atoms with Gasteiger partial charge in [-0.25, -0.2) is 0 Å². The number of rotatable bonds is 1. The Morgan fingerprint density at radius 3 is 2.57 bits per heavy atom. The molecule has 1 aromatic rings. The second kappa shape index (κ2) is 3.56. The topological polar surface area (TPSA) is 3.88 Å². The largest absolute Gasteiger partial charge is 0.208 e. The molecule has 0 bridgehead atoms. The zero-order valence-electron chi connectivity index (χ0n) is 9.25. The average Bonchev–Trinajstić information content (AvgIpc) is 2.17. The highest BCUT2D eigenvalue weighted by Crippen LogP contribution is 1.96. The first-order valence-corrected chi connectivity index (χ1v) is 5.41. The maximum atomic E-state index is 2.42. The Balaban J connectivity index is 2.81. The first kappa shape index (κ1) is 9.45. The molecule has 74 valence electrons. The molecule has 0 spiro atoms. The normalized spacial score (nSPS) is 14.6. The van der Waals surface area contributed by atoms with Crippen molar-refractivity contribution in [1.82, 2.24) is 0 Å². The predicted molar refractivity (Wildman–Crippen MR) is 59.2 cm³/mol. The summed E-state index contributed by atoms with van der Waals surface area (Å²) in [7, 11) is 0. The van der Waals surface area contributed by atoms with E-state index in [1.54, 1.807) is 0 Å². The van der Waals surface area contributed by atoms with Crippen molar-refractivity contribution in [3.8, 4) is 0 Å². The van der Waals surface area contributed by atoms with Crippen LogP contribution in [0, 0.1) is 6.92 Å². The van der Waals surface area contributed by atoms with E-state index in [4.69, 9.17) is 0 Å². The van der Waals surface area contributed by atoms with E-state index in [2.05, 4.69) is 49.6 Å². The number of pyridine rings is 1. The molecule has 1 aromatic heterocycles. The Bertz CT molecular complexity index is 455. The van der Waals surface area contributed by atoms with Gasteiger partial charge in [0.05, 0.1) is 0 Å². The molecule has 1 nitrogen and oxygen atoms in total. The van der Waals surface area contributed by atoms with Crippen molar-refractivity contribution in [3.05, 3.63) is 28.4 Å². The molecule has 0 saturated carbocycles. The van der Waals surface area contributed by atoms with Crippen LogP contribution >= 0.6 is 0 Å². The van der Waals surface area contributed by atoms with Crippen LogP contribution in [0.3, 0.4) is 0 Å². The highest BCUT2D eigenvalue weighted by molar-refractivity contribution is 5.34. The van der Waals surface area contributed by atoms with Crippen molar-refractivity contribution in [3.63, 3.8) is 0 Å². The highest BCUT2D eigenvalue weighted by Gasteiger charge is 2.14. The van der Waals surface area contributed by atoms with Gasteiger partial charge in [0.15, 0.2) is 11.7 Å². The van der Waals surface area contributed by atoms with Gasteiger partial charge in [-0.05, 0) is 38.8 Å². The van der Waals surface area contributed by atoms with E-state index in [0.717, 1.165) is 0 Å². The third kappa shape index (κ3) is 1.47. The summed E-state index contributed by atoms with van der Waals surface area (Å²) in [6.07, 6.45) is 7.08. The lowest BCUT2D eigenvalue weighted by Gasteiger charge is -2.07. The van der Waals surface area contributed by atoms with E-state index in [0.29, 0.717) is 6.04 Å². The average molecular weight is 188 g/mol. The molecule has 14 heavy (non-hydrogen) atoms. The molecule has 0 radical (unpaired) electrons. The van der Waals surface area contributed by atoms with Crippen molar-refractivity contribution in [2.24, 2.45) is 0 Å². The molecule has 1 aliphatic carbocycles. The van der Waals surface area contributed by atoms with Gasteiger partial charge >= 0.3 is 0 Å². The van der Waals surface area contributed by atoms with Crippen LogP contribution in [0.4, 0.5) is 0 Å². The van der Waals surface area contributed by atoms with Crippen LogP contribution in [-0.4, -0.2) is 0 Å². The Morgan fingerprint density at radius 1 is 1.14 bits per heavy atom. The fraction of sp³-hybridized carbons (Fsp3) is 0.462. The zero-order chi connectivity index (χ0) is 10.1. The lowest BCUT2D eigenvalue weighted by atomic mass is 10.1. The van der Waals surface area contributed by atoms with Gasteiger partial charge < -0.3 is 0 Å². The minimum atomic E-state index is 0.549. The molecule has 2 rings (SSSR count). The van der Waals surface area contributed by atoms with Crippen LogP contribution in [0.5, 0.6) is 0 Å². The van der Waals surface area contributed by atoms with Gasteiger partial charge in [-0.2, -0.15) is 4.57 Å². The van der Waals surface area contributed by atoms with Gasteiger partial charge in [0, 0.05) is 18.2 Å². The quantitative estimate of drug-likeness (QED) is 0.583. The fourth-order valence-electron chi connectivity index (χ4n) is 2.24. The number of hydrogen-bond acceptors (Lipinski definition) is 0. The monoisotopic (exact) mass is 188 g/mol. The molecular weight excluding hydrogens is 170 g/mol. The minimum Gasteiger partial charge on any atom is -0.194 e. The van der Waals surface area contributed by atoms with Crippen molar-refractivity contribution < 1.29 is 4.57 Å². The first-order valence-electron chi connectivity index (χ1n) is 5.41. The summed E-state index contributed by atoms with van der Waals surface area (Å²) in [6, 6.07) is 5.00. The summed E-state index contributed by atoms with van der Waals surface area (Å²) in [5, 5.41) is 2.81. The van der Waals surface area contributed by atoms with Crippen LogP contribution in [0.2, 0.25) is 0 Å². The first-order chi connectivity index (χ1) is 6.70. The van der Waals surface area contributed by atoms with E-state index >= 15 is 0 Å². The van der Waals surface area contributed by atoms with E-state index < -0.39 is 0 Å². The molecule has 0 fully saturated rings. The number of aryl methyl sites for hydroxylation is 1. The van der Waals surface area contributed by atoms with E-state index in [-0.39, 0.29) is 0 Å². The highest BCUT2D eigenvalue weighted by atomic mass is 15.0. The van der Waals surface area contributed by atoms with Crippen LogP contribution < -0.4 is 15.1 Å². The molecule has 0 aliphatic heterocycles.